The Kier molecular flexibility index (Phi) is 3.67. The predicted octanol–water partition coefficient (Wildman–Crippen LogP) is 1.29. The van der Waals surface area contributed by atoms with E-state index in [1.165, 1.54) is 18.2 Å². The third-order valence-corrected chi connectivity index (χ3v) is 4.68. The zero-order valence-electron chi connectivity index (χ0n) is 10.9. The van der Waals surface area contributed by atoms with Crippen LogP contribution in [0.2, 0.25) is 0 Å². The molecule has 7 nitrogen and oxygen atoms in total. The smallest absolute Gasteiger partial charge is 0.337 e. The molecule has 0 fully saturated rings. The summed E-state index contributed by atoms with van der Waals surface area (Å²) in [6.07, 6.45) is 1.23. The number of nitrogen functional groups attached to an aromatic ring is 1. The van der Waals surface area contributed by atoms with Gasteiger partial charge in [-0.2, -0.15) is 0 Å². The summed E-state index contributed by atoms with van der Waals surface area (Å²) in [5.41, 5.74) is 5.86. The van der Waals surface area contributed by atoms with Gasteiger partial charge in [0.1, 0.15) is 5.52 Å². The van der Waals surface area contributed by atoms with E-state index in [1.54, 1.807) is 0 Å². The Balaban J connectivity index is 2.70. The van der Waals surface area contributed by atoms with E-state index in [0.717, 1.165) is 10.4 Å². The molecule has 3 N–H and O–H groups in total. The number of imidazole rings is 1. The molecule has 0 aliphatic rings. The van der Waals surface area contributed by atoms with E-state index >= 15 is 0 Å². The third-order valence-electron chi connectivity index (χ3n) is 2.93. The van der Waals surface area contributed by atoms with Gasteiger partial charge in [-0.15, -0.1) is 0 Å². The maximum absolute atomic E-state index is 12.3. The van der Waals surface area contributed by atoms with Crippen LogP contribution in [0.15, 0.2) is 18.2 Å². The summed E-state index contributed by atoms with van der Waals surface area (Å²) in [7, 11) is -3.64. The largest absolute Gasteiger partial charge is 0.478 e. The fourth-order valence-corrected chi connectivity index (χ4v) is 3.59. The van der Waals surface area contributed by atoms with Gasteiger partial charge in [0, 0.05) is 0 Å². The minimum atomic E-state index is -3.64. The van der Waals surface area contributed by atoms with E-state index in [4.69, 9.17) is 10.8 Å². The van der Waals surface area contributed by atoms with Crippen LogP contribution in [-0.2, 0) is 10.0 Å². The Labute approximate surface area is 116 Å². The SMILES string of the molecule is CCCCS(=O)(=O)n1c(N)nc2c(C(=O)O)cccc21. The van der Waals surface area contributed by atoms with Crippen LogP contribution in [-0.4, -0.2) is 34.2 Å². The molecule has 0 saturated carbocycles. The number of nitrogens with two attached hydrogens (primary N) is 1. The van der Waals surface area contributed by atoms with Crippen LogP contribution in [0.4, 0.5) is 5.95 Å². The lowest BCUT2D eigenvalue weighted by atomic mass is 10.2. The summed E-state index contributed by atoms with van der Waals surface area (Å²) < 4.78 is 25.4. The van der Waals surface area contributed by atoms with Crippen molar-refractivity contribution in [2.45, 2.75) is 19.8 Å². The molecule has 0 unspecified atom stereocenters. The fraction of sp³-hybridized carbons (Fsp3) is 0.333. The molecule has 0 amide bonds. The van der Waals surface area contributed by atoms with Crippen molar-refractivity contribution in [3.8, 4) is 0 Å². The van der Waals surface area contributed by atoms with Crippen LogP contribution in [0.25, 0.3) is 11.0 Å². The molecule has 0 bridgehead atoms. The van der Waals surface area contributed by atoms with Gasteiger partial charge in [0.15, 0.2) is 0 Å². The summed E-state index contributed by atoms with van der Waals surface area (Å²) in [5, 5.41) is 9.09. The highest BCUT2D eigenvalue weighted by molar-refractivity contribution is 7.90. The number of benzene rings is 1. The Hall–Kier alpha value is -2.09. The first-order chi connectivity index (χ1) is 9.38. The summed E-state index contributed by atoms with van der Waals surface area (Å²) in [4.78, 5) is 15.0. The maximum atomic E-state index is 12.3. The van der Waals surface area contributed by atoms with E-state index < -0.39 is 16.0 Å². The number of carboxylic acid groups (broad SMARTS) is 1. The zero-order chi connectivity index (χ0) is 14.9. The number of hydrogen-bond acceptors (Lipinski definition) is 5. The number of nitrogens with zero attached hydrogens (tertiary/aromatic N) is 2. The number of para-hydroxylation sites is 1. The molecule has 1 aromatic heterocycles. The molecule has 0 radical (unpaired) electrons. The monoisotopic (exact) mass is 297 g/mol. The van der Waals surface area contributed by atoms with Gasteiger partial charge < -0.3 is 10.8 Å². The molecule has 1 aromatic carbocycles. The second kappa shape index (κ2) is 5.12. The van der Waals surface area contributed by atoms with Gasteiger partial charge in [-0.25, -0.2) is 22.2 Å². The number of anilines is 1. The number of rotatable bonds is 5. The lowest BCUT2D eigenvalue weighted by Gasteiger charge is -2.07. The van der Waals surface area contributed by atoms with Crippen molar-refractivity contribution in [2.75, 3.05) is 11.5 Å². The van der Waals surface area contributed by atoms with E-state index in [1.807, 2.05) is 6.92 Å². The molecule has 2 aromatic rings. The van der Waals surface area contributed by atoms with Crippen molar-refractivity contribution < 1.29 is 18.3 Å². The molecule has 0 spiro atoms. The van der Waals surface area contributed by atoms with Crippen molar-refractivity contribution in [1.82, 2.24) is 8.96 Å². The number of carbonyl (C=O) groups is 1. The lowest BCUT2D eigenvalue weighted by molar-refractivity contribution is 0.0699. The van der Waals surface area contributed by atoms with Gasteiger partial charge in [0.25, 0.3) is 0 Å². The molecule has 108 valence electrons. The molecule has 0 aliphatic heterocycles. The average Bonchev–Trinajstić information content (AvgIpc) is 2.72. The molecule has 20 heavy (non-hydrogen) atoms. The third kappa shape index (κ3) is 2.34. The second-order valence-electron chi connectivity index (χ2n) is 4.38. The fourth-order valence-electron chi connectivity index (χ4n) is 1.98. The van der Waals surface area contributed by atoms with Crippen molar-refractivity contribution in [2.24, 2.45) is 0 Å². The van der Waals surface area contributed by atoms with Crippen LogP contribution in [0, 0.1) is 0 Å². The van der Waals surface area contributed by atoms with Gasteiger partial charge in [0.2, 0.25) is 16.0 Å². The van der Waals surface area contributed by atoms with Crippen molar-refractivity contribution in [1.29, 1.82) is 0 Å². The van der Waals surface area contributed by atoms with Crippen LogP contribution in [0.5, 0.6) is 0 Å². The summed E-state index contributed by atoms with van der Waals surface area (Å²) in [5.74, 6) is -1.45. The summed E-state index contributed by atoms with van der Waals surface area (Å²) in [6, 6.07) is 4.33. The quantitative estimate of drug-likeness (QED) is 0.859. The standard InChI is InChI=1S/C12H15N3O4S/c1-2-3-7-20(18,19)15-9-6-4-5-8(11(16)17)10(9)14-12(15)13/h4-6H,2-3,7H2,1H3,(H2,13,14)(H,16,17). The predicted molar refractivity (Wildman–Crippen MR) is 75.2 cm³/mol. The van der Waals surface area contributed by atoms with Gasteiger partial charge in [-0.05, 0) is 18.6 Å². The molecule has 8 heteroatoms. The normalized spacial score (nSPS) is 11.8. The van der Waals surface area contributed by atoms with Crippen LogP contribution in [0.1, 0.15) is 30.1 Å². The van der Waals surface area contributed by atoms with E-state index in [-0.39, 0.29) is 28.3 Å². The minimum absolute atomic E-state index is 0.0591. The van der Waals surface area contributed by atoms with E-state index in [9.17, 15) is 13.2 Å². The average molecular weight is 297 g/mol. The lowest BCUT2D eigenvalue weighted by Crippen LogP contribution is -2.18. The van der Waals surface area contributed by atoms with E-state index in [0.29, 0.717) is 6.42 Å². The van der Waals surface area contributed by atoms with Crippen LogP contribution >= 0.6 is 0 Å². The number of aromatic carboxylic acids is 1. The first-order valence-electron chi connectivity index (χ1n) is 6.12. The molecular weight excluding hydrogens is 282 g/mol. The number of aromatic nitrogens is 2. The Bertz CT molecular complexity index is 764. The summed E-state index contributed by atoms with van der Waals surface area (Å²) in [6.45, 7) is 1.88. The number of carboxylic acids is 1. The zero-order valence-corrected chi connectivity index (χ0v) is 11.7. The maximum Gasteiger partial charge on any atom is 0.337 e. The van der Waals surface area contributed by atoms with E-state index in [2.05, 4.69) is 4.98 Å². The van der Waals surface area contributed by atoms with Gasteiger partial charge in [0.05, 0.1) is 16.8 Å². The highest BCUT2D eigenvalue weighted by atomic mass is 32.2. The molecule has 0 saturated heterocycles. The number of unbranched alkanes of at least 4 members (excludes halogenated alkanes) is 1. The number of hydrogen-bond donors (Lipinski definition) is 2. The van der Waals surface area contributed by atoms with Crippen molar-refractivity contribution in [3.05, 3.63) is 23.8 Å². The molecule has 0 atom stereocenters. The first-order valence-corrected chi connectivity index (χ1v) is 7.73. The highest BCUT2D eigenvalue weighted by Gasteiger charge is 2.23. The number of fused-ring (bicyclic) bond motifs is 1. The highest BCUT2D eigenvalue weighted by Crippen LogP contribution is 2.24. The summed E-state index contributed by atoms with van der Waals surface area (Å²) >= 11 is 0. The Morgan fingerprint density at radius 1 is 1.45 bits per heavy atom. The van der Waals surface area contributed by atoms with Crippen molar-refractivity contribution in [3.63, 3.8) is 0 Å². The molecule has 0 aliphatic carbocycles. The van der Waals surface area contributed by atoms with Crippen molar-refractivity contribution >= 4 is 33.0 Å². The van der Waals surface area contributed by atoms with Gasteiger partial charge in [-0.3, -0.25) is 0 Å². The van der Waals surface area contributed by atoms with Gasteiger partial charge in [-0.1, -0.05) is 19.4 Å². The molecule has 2 rings (SSSR count). The Morgan fingerprint density at radius 3 is 2.75 bits per heavy atom. The molecule has 1 heterocycles. The first kappa shape index (κ1) is 14.3. The van der Waals surface area contributed by atoms with Crippen LogP contribution in [0.3, 0.4) is 0 Å². The minimum Gasteiger partial charge on any atom is -0.478 e. The molecular formula is C12H15N3O4S. The topological polar surface area (TPSA) is 115 Å². The second-order valence-corrected chi connectivity index (χ2v) is 6.32. The van der Waals surface area contributed by atoms with Crippen LogP contribution < -0.4 is 5.73 Å². The Morgan fingerprint density at radius 2 is 2.15 bits per heavy atom. The van der Waals surface area contributed by atoms with Gasteiger partial charge >= 0.3 is 5.97 Å².